The molecule has 0 unspecified atom stereocenters. The molecule has 0 aliphatic carbocycles. The van der Waals surface area contributed by atoms with Crippen LogP contribution in [0.5, 0.6) is 5.75 Å². The summed E-state index contributed by atoms with van der Waals surface area (Å²) >= 11 is 0. The zero-order chi connectivity index (χ0) is 47.3. The van der Waals surface area contributed by atoms with E-state index in [0.29, 0.717) is 22.3 Å². The first-order chi connectivity index (χ1) is 30.5. The Morgan fingerprint density at radius 3 is 1.31 bits per heavy atom. The molecule has 0 fully saturated rings. The van der Waals surface area contributed by atoms with Crippen molar-refractivity contribution in [3.05, 3.63) is 156 Å². The van der Waals surface area contributed by atoms with Crippen LogP contribution in [0.25, 0.3) is 22.3 Å². The summed E-state index contributed by atoms with van der Waals surface area (Å²) < 4.78 is 140. The minimum absolute atomic E-state index is 0.0106. The average Bonchev–Trinajstić information content (AvgIpc) is 3.25. The van der Waals surface area contributed by atoms with E-state index >= 15 is 0 Å². The molecule has 0 bridgehead atoms. The average molecular weight is 942 g/mol. The molecule has 0 saturated heterocycles. The van der Waals surface area contributed by atoms with Crippen LogP contribution in [0, 0.1) is 0 Å². The van der Waals surface area contributed by atoms with Crippen LogP contribution in [0.4, 0.5) is 43.4 Å². The van der Waals surface area contributed by atoms with Crippen LogP contribution in [-0.4, -0.2) is 51.5 Å². The Morgan fingerprint density at radius 1 is 0.523 bits per heavy atom. The molecule has 0 heterocycles. The van der Waals surface area contributed by atoms with Crippen molar-refractivity contribution in [1.82, 2.24) is 0 Å². The topological polar surface area (TPSA) is 205 Å². The van der Waals surface area contributed by atoms with Gasteiger partial charge in [-0.15, -0.1) is 0 Å². The Labute approximate surface area is 366 Å². The Kier molecular flexibility index (Phi) is 13.6. The second-order valence-corrected chi connectivity index (χ2v) is 17.4. The third-order valence-electron chi connectivity index (χ3n) is 9.48. The van der Waals surface area contributed by atoms with Crippen LogP contribution < -0.4 is 19.5 Å². The number of alkyl halides is 6. The van der Waals surface area contributed by atoms with Gasteiger partial charge in [-0.25, -0.2) is 26.4 Å². The molecule has 0 aromatic heterocycles. The number of carboxylic acids is 2. The minimum atomic E-state index is -4.53. The number of anilines is 3. The molecule has 0 saturated carbocycles. The number of benzene rings is 6. The summed E-state index contributed by atoms with van der Waals surface area (Å²) in [6.07, 6.45) is -9.14. The maximum atomic E-state index is 13.2. The van der Waals surface area contributed by atoms with Gasteiger partial charge < -0.3 is 20.3 Å². The summed E-state index contributed by atoms with van der Waals surface area (Å²) in [6, 6.07) is 25.8. The van der Waals surface area contributed by atoms with E-state index in [1.54, 1.807) is 0 Å². The van der Waals surface area contributed by atoms with Crippen molar-refractivity contribution in [2.45, 2.75) is 35.0 Å². The number of hydrogen-bond donors (Lipinski definition) is 5. The lowest BCUT2D eigenvalue weighted by atomic mass is 10.0. The lowest BCUT2D eigenvalue weighted by Crippen LogP contribution is -2.17. The van der Waals surface area contributed by atoms with Crippen LogP contribution in [0.15, 0.2) is 143 Å². The molecule has 5 N–H and O–H groups in total. The third kappa shape index (κ3) is 11.8. The quantitative estimate of drug-likeness (QED) is 0.0459. The summed E-state index contributed by atoms with van der Waals surface area (Å²) in [4.78, 5) is 36.3. The van der Waals surface area contributed by atoms with Crippen LogP contribution in [0.3, 0.4) is 0 Å². The first kappa shape index (κ1) is 47.1. The molecule has 13 nitrogen and oxygen atoms in total. The molecular formula is C44H33F6N3O10S2. The van der Waals surface area contributed by atoms with E-state index in [4.69, 9.17) is 4.74 Å². The van der Waals surface area contributed by atoms with Crippen LogP contribution in [0.2, 0.25) is 0 Å². The van der Waals surface area contributed by atoms with Gasteiger partial charge in [0.2, 0.25) is 5.91 Å². The number of halogens is 6. The summed E-state index contributed by atoms with van der Waals surface area (Å²) in [5.74, 6) is -3.60. The lowest BCUT2D eigenvalue weighted by molar-refractivity contribution is -0.138. The molecule has 65 heavy (non-hydrogen) atoms. The smallest absolute Gasteiger partial charge is 0.416 e. The summed E-state index contributed by atoms with van der Waals surface area (Å²) in [7, 11) is -8.70. The second-order valence-electron chi connectivity index (χ2n) is 14.0. The van der Waals surface area contributed by atoms with Crippen LogP contribution in [0.1, 0.15) is 44.7 Å². The van der Waals surface area contributed by atoms with E-state index < -0.39 is 72.5 Å². The highest BCUT2D eigenvalue weighted by Crippen LogP contribution is 2.34. The number of rotatable bonds is 16. The molecule has 21 heteroatoms. The van der Waals surface area contributed by atoms with Gasteiger partial charge in [-0.05, 0) is 114 Å². The second kappa shape index (κ2) is 18.8. The van der Waals surface area contributed by atoms with E-state index in [2.05, 4.69) is 14.8 Å². The number of carboxylic acid groups (broad SMARTS) is 2. The predicted octanol–water partition coefficient (Wildman–Crippen LogP) is 9.85. The van der Waals surface area contributed by atoms with Crippen LogP contribution in [-0.2, 0) is 37.2 Å². The Balaban J connectivity index is 1.02. The first-order valence-electron chi connectivity index (χ1n) is 18.8. The summed E-state index contributed by atoms with van der Waals surface area (Å²) in [6.45, 7) is -0.116. The molecule has 0 radical (unpaired) electrons. The van der Waals surface area contributed by atoms with Crippen LogP contribution >= 0.6 is 0 Å². The Hall–Kier alpha value is -7.39. The van der Waals surface area contributed by atoms with Gasteiger partial charge in [0.25, 0.3) is 20.0 Å². The van der Waals surface area contributed by atoms with E-state index in [1.807, 2.05) is 0 Å². The van der Waals surface area contributed by atoms with Gasteiger partial charge in [0.1, 0.15) is 5.75 Å². The zero-order valence-corrected chi connectivity index (χ0v) is 34.7. The summed E-state index contributed by atoms with van der Waals surface area (Å²) in [5, 5.41) is 22.1. The highest BCUT2D eigenvalue weighted by Gasteiger charge is 2.31. The predicted molar refractivity (Wildman–Crippen MR) is 226 cm³/mol. The fourth-order valence-corrected chi connectivity index (χ4v) is 8.34. The number of hydrogen-bond acceptors (Lipinski definition) is 8. The molecule has 0 aliphatic heterocycles. The standard InChI is InChI=1S/C44H33F6N3O10S2/c45-43(46,47)30-11-3-26(4-12-30)28-7-17-34(18-8-28)64(59,60)52-38-21-15-32(24-36(38)41(55)56)51-40(54)2-1-23-63-33-16-22-39(37(25-33)42(57)58)53-65(61,62)35-19-9-29(10-20-35)27-5-13-31(14-6-27)44(48,49)50/h3-22,24-25,52-53H,1-2,23H2,(H,51,54)(H,55,56)(H,57,58). The first-order valence-corrected chi connectivity index (χ1v) is 21.8. The number of sulfonamides is 2. The third-order valence-corrected chi connectivity index (χ3v) is 12.2. The molecule has 0 atom stereocenters. The van der Waals surface area contributed by atoms with Gasteiger partial charge in [0.05, 0.1) is 50.0 Å². The Bertz CT molecular complexity index is 2960. The van der Waals surface area contributed by atoms with Crippen molar-refractivity contribution >= 4 is 55.0 Å². The molecule has 338 valence electrons. The number of carbonyl (C=O) groups excluding carboxylic acids is 1. The van der Waals surface area contributed by atoms with Crippen molar-refractivity contribution < 1.29 is 72.5 Å². The fraction of sp³-hybridized carbons (Fsp3) is 0.114. The van der Waals surface area contributed by atoms with Crippen molar-refractivity contribution in [3.63, 3.8) is 0 Å². The summed E-state index contributed by atoms with van der Waals surface area (Å²) in [5.41, 5.74) is -1.65. The number of ether oxygens (including phenoxy) is 1. The largest absolute Gasteiger partial charge is 0.494 e. The highest BCUT2D eigenvalue weighted by molar-refractivity contribution is 7.93. The lowest BCUT2D eigenvalue weighted by Gasteiger charge is -2.14. The molecule has 0 aliphatic rings. The van der Waals surface area contributed by atoms with Gasteiger partial charge in [-0.3, -0.25) is 14.2 Å². The van der Waals surface area contributed by atoms with Crippen molar-refractivity contribution in [1.29, 1.82) is 0 Å². The van der Waals surface area contributed by atoms with Gasteiger partial charge in [-0.1, -0.05) is 48.5 Å². The molecule has 0 spiro atoms. The molecule has 1 amide bonds. The van der Waals surface area contributed by atoms with E-state index in [1.165, 1.54) is 84.9 Å². The zero-order valence-electron chi connectivity index (χ0n) is 33.1. The fourth-order valence-electron chi connectivity index (χ4n) is 6.18. The molecule has 6 rings (SSSR count). The Morgan fingerprint density at radius 2 is 0.908 bits per heavy atom. The maximum absolute atomic E-state index is 13.2. The number of amides is 1. The number of nitrogens with one attached hydrogen (secondary N) is 3. The molecule has 6 aromatic rings. The van der Waals surface area contributed by atoms with Crippen molar-refractivity contribution in [2.75, 3.05) is 21.4 Å². The minimum Gasteiger partial charge on any atom is -0.494 e. The van der Waals surface area contributed by atoms with E-state index in [-0.39, 0.29) is 52.1 Å². The normalized spacial score (nSPS) is 12.0. The SMILES string of the molecule is O=C(CCCOc1ccc(NS(=O)(=O)c2ccc(-c3ccc(C(F)(F)F)cc3)cc2)c(C(=O)O)c1)Nc1ccc(NS(=O)(=O)c2ccc(-c3ccc(C(F)(F)F)cc3)cc2)c(C(=O)O)c1. The molecule has 6 aromatic carbocycles. The maximum Gasteiger partial charge on any atom is 0.416 e. The van der Waals surface area contributed by atoms with Crippen molar-refractivity contribution in [2.24, 2.45) is 0 Å². The van der Waals surface area contributed by atoms with Crippen molar-refractivity contribution in [3.8, 4) is 28.0 Å². The van der Waals surface area contributed by atoms with Gasteiger partial charge in [0.15, 0.2) is 0 Å². The molecular weight excluding hydrogens is 909 g/mol. The van der Waals surface area contributed by atoms with E-state index in [0.717, 1.165) is 48.5 Å². The van der Waals surface area contributed by atoms with E-state index in [9.17, 15) is 67.8 Å². The number of aromatic carboxylic acids is 2. The monoisotopic (exact) mass is 941 g/mol. The van der Waals surface area contributed by atoms with Gasteiger partial charge in [-0.2, -0.15) is 26.3 Å². The highest BCUT2D eigenvalue weighted by atomic mass is 32.2. The van der Waals surface area contributed by atoms with Gasteiger partial charge >= 0.3 is 24.3 Å². The van der Waals surface area contributed by atoms with Gasteiger partial charge in [0, 0.05) is 12.1 Å². The number of carbonyl (C=O) groups is 3.